The zero-order valence-corrected chi connectivity index (χ0v) is 17.4. The van der Waals surface area contributed by atoms with Crippen molar-refractivity contribution < 1.29 is 9.53 Å². The van der Waals surface area contributed by atoms with Gasteiger partial charge in [-0.1, -0.05) is 36.4 Å². The van der Waals surface area contributed by atoms with Crippen LogP contribution in [0.2, 0.25) is 0 Å². The molecule has 1 N–H and O–H groups in total. The largest absolute Gasteiger partial charge is 0.496 e. The molecule has 1 aliphatic rings. The average molecular weight is 406 g/mol. The van der Waals surface area contributed by atoms with Crippen LogP contribution in [-0.2, 0) is 37.3 Å². The molecule has 0 saturated heterocycles. The summed E-state index contributed by atoms with van der Waals surface area (Å²) in [6.07, 6.45) is 3.29. The monoisotopic (exact) mass is 406 g/mol. The van der Waals surface area contributed by atoms with E-state index >= 15 is 0 Å². The number of hydrogen-bond donors (Lipinski definition) is 1. The lowest BCUT2D eigenvalue weighted by Crippen LogP contribution is -2.33. The van der Waals surface area contributed by atoms with Crippen LogP contribution < -0.4 is 15.7 Å². The standard InChI is InChI=1S/C23H26N4O3/c1-16-25-27(23(29)26(16)14-17-7-4-3-5-8-17)15-22(28)24-13-20-11-18-9-6-10-19(18)12-21(20)30-2/h3-5,7-8,11-12H,6,9-10,13-15H2,1-2H3,(H,24,28). The van der Waals surface area contributed by atoms with Crippen LogP contribution in [0.4, 0.5) is 0 Å². The molecule has 7 heteroatoms. The van der Waals surface area contributed by atoms with Crippen molar-refractivity contribution in [1.82, 2.24) is 19.7 Å². The molecule has 7 nitrogen and oxygen atoms in total. The highest BCUT2D eigenvalue weighted by Crippen LogP contribution is 2.29. The van der Waals surface area contributed by atoms with Gasteiger partial charge < -0.3 is 10.1 Å². The van der Waals surface area contributed by atoms with Gasteiger partial charge in [-0.2, -0.15) is 5.10 Å². The Hall–Kier alpha value is -3.35. The van der Waals surface area contributed by atoms with Crippen LogP contribution in [0.5, 0.6) is 5.75 Å². The van der Waals surface area contributed by atoms with Gasteiger partial charge in [0.25, 0.3) is 0 Å². The Morgan fingerprint density at radius 2 is 1.90 bits per heavy atom. The predicted molar refractivity (Wildman–Crippen MR) is 114 cm³/mol. The van der Waals surface area contributed by atoms with E-state index in [1.807, 2.05) is 30.3 Å². The van der Waals surface area contributed by atoms with E-state index in [4.69, 9.17) is 4.74 Å². The Morgan fingerprint density at radius 3 is 2.63 bits per heavy atom. The van der Waals surface area contributed by atoms with E-state index in [-0.39, 0.29) is 18.1 Å². The second kappa shape index (κ2) is 8.57. The van der Waals surface area contributed by atoms with Gasteiger partial charge in [0.1, 0.15) is 18.1 Å². The zero-order chi connectivity index (χ0) is 21.1. The van der Waals surface area contributed by atoms with E-state index in [0.29, 0.717) is 18.9 Å². The van der Waals surface area contributed by atoms with Crippen LogP contribution in [0.25, 0.3) is 0 Å². The number of methoxy groups -OCH3 is 1. The summed E-state index contributed by atoms with van der Waals surface area (Å²) < 4.78 is 8.29. The van der Waals surface area contributed by atoms with Crippen molar-refractivity contribution in [3.8, 4) is 5.75 Å². The number of aromatic nitrogens is 3. The van der Waals surface area contributed by atoms with Crippen LogP contribution in [-0.4, -0.2) is 27.4 Å². The molecule has 0 unspecified atom stereocenters. The fraction of sp³-hybridized carbons (Fsp3) is 0.348. The fourth-order valence-electron chi connectivity index (χ4n) is 3.97. The molecule has 0 bridgehead atoms. The number of rotatable bonds is 7. The normalized spacial score (nSPS) is 12.6. The first kappa shape index (κ1) is 19.9. The fourth-order valence-corrected chi connectivity index (χ4v) is 3.97. The van der Waals surface area contributed by atoms with Crippen molar-refractivity contribution in [3.05, 3.63) is 81.0 Å². The lowest BCUT2D eigenvalue weighted by molar-refractivity contribution is -0.122. The number of fused-ring (bicyclic) bond motifs is 1. The number of benzene rings is 2. The molecule has 3 aromatic rings. The summed E-state index contributed by atoms with van der Waals surface area (Å²) in [5.41, 5.74) is 4.32. The predicted octanol–water partition coefficient (Wildman–Crippen LogP) is 2.22. The van der Waals surface area contributed by atoms with Crippen molar-refractivity contribution in [2.24, 2.45) is 0 Å². The minimum absolute atomic E-state index is 0.116. The molecule has 2 aromatic carbocycles. The van der Waals surface area contributed by atoms with E-state index in [1.54, 1.807) is 18.6 Å². The minimum Gasteiger partial charge on any atom is -0.496 e. The summed E-state index contributed by atoms with van der Waals surface area (Å²) in [4.78, 5) is 25.2. The molecule has 0 atom stereocenters. The van der Waals surface area contributed by atoms with Crippen molar-refractivity contribution in [2.45, 2.75) is 45.8 Å². The highest BCUT2D eigenvalue weighted by Gasteiger charge is 2.17. The van der Waals surface area contributed by atoms with Gasteiger partial charge in [-0.3, -0.25) is 9.36 Å². The zero-order valence-electron chi connectivity index (χ0n) is 17.4. The molecule has 30 heavy (non-hydrogen) atoms. The van der Waals surface area contributed by atoms with Gasteiger partial charge in [0.2, 0.25) is 5.91 Å². The Morgan fingerprint density at radius 1 is 1.17 bits per heavy atom. The molecule has 4 rings (SSSR count). The van der Waals surface area contributed by atoms with Crippen molar-refractivity contribution >= 4 is 5.91 Å². The summed E-state index contributed by atoms with van der Waals surface area (Å²) >= 11 is 0. The Kier molecular flexibility index (Phi) is 5.70. The van der Waals surface area contributed by atoms with E-state index in [0.717, 1.165) is 36.1 Å². The molecular formula is C23H26N4O3. The van der Waals surface area contributed by atoms with Gasteiger partial charge in [0.15, 0.2) is 0 Å². The Bertz CT molecular complexity index is 1120. The summed E-state index contributed by atoms with van der Waals surface area (Å²) in [5, 5.41) is 7.15. The first-order valence-electron chi connectivity index (χ1n) is 10.2. The van der Waals surface area contributed by atoms with Gasteiger partial charge in [-0.15, -0.1) is 0 Å². The van der Waals surface area contributed by atoms with Crippen LogP contribution in [0.15, 0.2) is 47.3 Å². The van der Waals surface area contributed by atoms with Gasteiger partial charge in [0.05, 0.1) is 13.7 Å². The van der Waals surface area contributed by atoms with E-state index in [1.165, 1.54) is 15.8 Å². The number of ether oxygens (including phenoxy) is 1. The quantitative estimate of drug-likeness (QED) is 0.653. The van der Waals surface area contributed by atoms with E-state index < -0.39 is 0 Å². The van der Waals surface area contributed by atoms with Crippen molar-refractivity contribution in [1.29, 1.82) is 0 Å². The van der Waals surface area contributed by atoms with E-state index in [9.17, 15) is 9.59 Å². The Balaban J connectivity index is 1.43. The molecule has 0 spiro atoms. The summed E-state index contributed by atoms with van der Waals surface area (Å²) in [6.45, 7) is 2.44. The number of carbonyl (C=O) groups excluding carboxylic acids is 1. The number of hydrogen-bond acceptors (Lipinski definition) is 4. The summed E-state index contributed by atoms with van der Waals surface area (Å²) in [5.74, 6) is 1.11. The molecule has 0 saturated carbocycles. The topological polar surface area (TPSA) is 78.2 Å². The third-order valence-electron chi connectivity index (χ3n) is 5.56. The van der Waals surface area contributed by atoms with Gasteiger partial charge in [-0.25, -0.2) is 9.48 Å². The third-order valence-corrected chi connectivity index (χ3v) is 5.56. The number of amides is 1. The minimum atomic E-state index is -0.290. The van der Waals surface area contributed by atoms with Gasteiger partial charge >= 0.3 is 5.69 Å². The second-order valence-electron chi connectivity index (χ2n) is 7.62. The summed E-state index contributed by atoms with van der Waals surface area (Å²) in [6, 6.07) is 13.9. The number of aryl methyl sites for hydroxylation is 3. The maximum atomic E-state index is 12.7. The lowest BCUT2D eigenvalue weighted by atomic mass is 10.0. The Labute approximate surface area is 175 Å². The van der Waals surface area contributed by atoms with Gasteiger partial charge in [-0.05, 0) is 48.9 Å². The molecule has 0 fully saturated rings. The highest BCUT2D eigenvalue weighted by molar-refractivity contribution is 5.75. The smallest absolute Gasteiger partial charge is 0.346 e. The number of nitrogens with zero attached hydrogens (tertiary/aromatic N) is 3. The van der Waals surface area contributed by atoms with Crippen LogP contribution >= 0.6 is 0 Å². The molecule has 1 amide bonds. The van der Waals surface area contributed by atoms with Gasteiger partial charge in [0, 0.05) is 12.1 Å². The highest BCUT2D eigenvalue weighted by atomic mass is 16.5. The average Bonchev–Trinajstić information content (AvgIpc) is 3.31. The molecule has 156 valence electrons. The van der Waals surface area contributed by atoms with Crippen LogP contribution in [0.3, 0.4) is 0 Å². The molecule has 1 aliphatic carbocycles. The SMILES string of the molecule is COc1cc2c(cc1CNC(=O)Cn1nc(C)n(Cc3ccccc3)c1=O)CCC2. The third kappa shape index (κ3) is 4.15. The lowest BCUT2D eigenvalue weighted by Gasteiger charge is -2.12. The maximum Gasteiger partial charge on any atom is 0.346 e. The molecule has 0 radical (unpaired) electrons. The maximum absolute atomic E-state index is 12.7. The number of carbonyl (C=O) groups is 1. The second-order valence-corrected chi connectivity index (χ2v) is 7.62. The first-order valence-corrected chi connectivity index (χ1v) is 10.2. The molecule has 0 aliphatic heterocycles. The van der Waals surface area contributed by atoms with Crippen LogP contribution in [0, 0.1) is 6.92 Å². The molecule has 1 aromatic heterocycles. The number of nitrogens with one attached hydrogen (secondary N) is 1. The van der Waals surface area contributed by atoms with Crippen LogP contribution in [0.1, 0.15) is 34.5 Å². The first-order chi connectivity index (χ1) is 14.5. The summed E-state index contributed by atoms with van der Waals surface area (Å²) in [7, 11) is 1.64. The van der Waals surface area contributed by atoms with Crippen molar-refractivity contribution in [3.63, 3.8) is 0 Å². The van der Waals surface area contributed by atoms with E-state index in [2.05, 4.69) is 22.5 Å². The molecular weight excluding hydrogens is 380 g/mol. The molecule has 1 heterocycles. The van der Waals surface area contributed by atoms with Crippen molar-refractivity contribution in [2.75, 3.05) is 7.11 Å².